The van der Waals surface area contributed by atoms with Crippen LogP contribution >= 0.6 is 35.3 Å². The van der Waals surface area contributed by atoms with Gasteiger partial charge in [-0.05, 0) is 42.5 Å². The number of guanidine groups is 1. The maximum absolute atomic E-state index is 5.26. The molecule has 3 rings (SSSR count). The molecule has 1 atom stereocenters. The van der Waals surface area contributed by atoms with Gasteiger partial charge in [0.15, 0.2) is 5.96 Å². The van der Waals surface area contributed by atoms with Gasteiger partial charge in [0, 0.05) is 43.4 Å². The van der Waals surface area contributed by atoms with Crippen LogP contribution in [0.4, 0.5) is 0 Å². The topological polar surface area (TPSA) is 36.9 Å². The van der Waals surface area contributed by atoms with E-state index in [0.717, 1.165) is 44.3 Å². The maximum Gasteiger partial charge on any atom is 0.193 e. The first-order valence-corrected chi connectivity index (χ1v) is 9.87. The highest BCUT2D eigenvalue weighted by molar-refractivity contribution is 14.0. The lowest BCUT2D eigenvalue weighted by Gasteiger charge is -2.21. The highest BCUT2D eigenvalue weighted by Crippen LogP contribution is 2.28. The first kappa shape index (κ1) is 21.0. The molecule has 1 unspecified atom stereocenters. The number of halogens is 1. The summed E-state index contributed by atoms with van der Waals surface area (Å²) in [5.74, 6) is 2.53. The molecule has 1 aromatic carbocycles. The van der Waals surface area contributed by atoms with Gasteiger partial charge in [-0.2, -0.15) is 0 Å². The molecule has 0 aliphatic carbocycles. The molecule has 2 aromatic rings. The van der Waals surface area contributed by atoms with Gasteiger partial charge in [-0.25, -0.2) is 0 Å². The Morgan fingerprint density at radius 3 is 2.77 bits per heavy atom. The predicted molar refractivity (Wildman–Crippen MR) is 121 cm³/mol. The number of methoxy groups -OCH3 is 1. The van der Waals surface area contributed by atoms with Gasteiger partial charge in [-0.3, -0.25) is 4.99 Å². The second kappa shape index (κ2) is 10.8. The summed E-state index contributed by atoms with van der Waals surface area (Å²) in [4.78, 5) is 8.64. The van der Waals surface area contributed by atoms with Gasteiger partial charge in [0.05, 0.1) is 7.11 Å². The van der Waals surface area contributed by atoms with E-state index in [9.17, 15) is 0 Å². The average molecular weight is 485 g/mol. The van der Waals surface area contributed by atoms with Gasteiger partial charge in [-0.1, -0.05) is 18.2 Å². The molecule has 4 nitrogen and oxygen atoms in total. The highest BCUT2D eigenvalue weighted by Gasteiger charge is 2.26. The molecule has 0 amide bonds. The third kappa shape index (κ3) is 5.61. The molecule has 1 aliphatic rings. The number of hydrogen-bond donors (Lipinski definition) is 1. The smallest absolute Gasteiger partial charge is 0.193 e. The summed E-state index contributed by atoms with van der Waals surface area (Å²) in [7, 11) is 1.71. The van der Waals surface area contributed by atoms with Gasteiger partial charge in [0.1, 0.15) is 5.75 Å². The van der Waals surface area contributed by atoms with Crippen molar-refractivity contribution in [3.8, 4) is 5.75 Å². The molecule has 0 spiro atoms. The monoisotopic (exact) mass is 485 g/mol. The van der Waals surface area contributed by atoms with Crippen molar-refractivity contribution in [2.75, 3.05) is 33.3 Å². The summed E-state index contributed by atoms with van der Waals surface area (Å²) in [5, 5.41) is 5.58. The van der Waals surface area contributed by atoms with Gasteiger partial charge < -0.3 is 15.0 Å². The largest absolute Gasteiger partial charge is 0.497 e. The lowest BCUT2D eigenvalue weighted by Crippen LogP contribution is -2.40. The summed E-state index contributed by atoms with van der Waals surface area (Å²) in [6.45, 7) is 5.96. The van der Waals surface area contributed by atoms with E-state index in [1.54, 1.807) is 7.11 Å². The number of likely N-dealkylation sites (tertiary alicyclic amines) is 1. The molecule has 0 bridgehead atoms. The summed E-state index contributed by atoms with van der Waals surface area (Å²) >= 11 is 1.81. The number of benzene rings is 1. The Morgan fingerprint density at radius 1 is 1.31 bits per heavy atom. The maximum atomic E-state index is 5.26. The van der Waals surface area contributed by atoms with Crippen LogP contribution in [-0.2, 0) is 6.42 Å². The summed E-state index contributed by atoms with van der Waals surface area (Å²) < 4.78 is 5.26. The van der Waals surface area contributed by atoms with Crippen molar-refractivity contribution in [3.05, 3.63) is 52.2 Å². The third-order valence-corrected chi connectivity index (χ3v) is 5.55. The summed E-state index contributed by atoms with van der Waals surface area (Å²) in [6, 6.07) is 12.8. The van der Waals surface area contributed by atoms with Crippen LogP contribution in [0.25, 0.3) is 0 Å². The second-order valence-corrected chi connectivity index (χ2v) is 7.30. The van der Waals surface area contributed by atoms with Crippen LogP contribution in [0, 0.1) is 0 Å². The molecule has 1 aromatic heterocycles. The number of nitrogens with one attached hydrogen (secondary N) is 1. The second-order valence-electron chi connectivity index (χ2n) is 6.27. The molecule has 1 saturated heterocycles. The molecule has 1 fully saturated rings. The molecule has 0 radical (unpaired) electrons. The van der Waals surface area contributed by atoms with Gasteiger partial charge in [0.25, 0.3) is 0 Å². The number of thiophene rings is 1. The van der Waals surface area contributed by atoms with Crippen LogP contribution in [0.3, 0.4) is 0 Å². The first-order chi connectivity index (χ1) is 12.3. The van der Waals surface area contributed by atoms with Crippen LogP contribution in [0.5, 0.6) is 5.75 Å². The number of ether oxygens (including phenoxy) is 1. The fourth-order valence-electron chi connectivity index (χ4n) is 3.25. The molecule has 1 aliphatic heterocycles. The lowest BCUT2D eigenvalue weighted by molar-refractivity contribution is 0.414. The minimum atomic E-state index is 0. The van der Waals surface area contributed by atoms with Gasteiger partial charge in [0.2, 0.25) is 0 Å². The Bertz CT molecular complexity index is 673. The highest BCUT2D eigenvalue weighted by atomic mass is 127. The van der Waals surface area contributed by atoms with Crippen LogP contribution in [0.2, 0.25) is 0 Å². The molecular formula is C20H28IN3OS. The molecule has 2 heterocycles. The van der Waals surface area contributed by atoms with Crippen molar-refractivity contribution >= 4 is 41.3 Å². The normalized spacial score (nSPS) is 17.1. The minimum Gasteiger partial charge on any atom is -0.497 e. The van der Waals surface area contributed by atoms with Gasteiger partial charge >= 0.3 is 0 Å². The number of rotatable bonds is 6. The molecule has 26 heavy (non-hydrogen) atoms. The van der Waals surface area contributed by atoms with Crippen molar-refractivity contribution in [1.29, 1.82) is 0 Å². The molecule has 6 heteroatoms. The Labute approximate surface area is 177 Å². The number of nitrogens with zero attached hydrogens (tertiary/aromatic N) is 2. The summed E-state index contributed by atoms with van der Waals surface area (Å²) in [6.07, 6.45) is 2.18. The van der Waals surface area contributed by atoms with Crippen LogP contribution < -0.4 is 10.1 Å². The fourth-order valence-corrected chi connectivity index (χ4v) is 3.95. The lowest BCUT2D eigenvalue weighted by atomic mass is 9.98. The average Bonchev–Trinajstić information content (AvgIpc) is 3.33. The van der Waals surface area contributed by atoms with E-state index >= 15 is 0 Å². The molecule has 142 valence electrons. The first-order valence-electron chi connectivity index (χ1n) is 8.99. The van der Waals surface area contributed by atoms with Crippen molar-refractivity contribution in [2.24, 2.45) is 4.99 Å². The van der Waals surface area contributed by atoms with E-state index in [1.807, 2.05) is 11.3 Å². The SMILES string of the molecule is CCNC(=NCCc1cccs1)N1CCC(c2ccc(OC)cc2)C1.I. The van der Waals surface area contributed by atoms with E-state index in [1.165, 1.54) is 16.9 Å². The van der Waals surface area contributed by atoms with Crippen LogP contribution in [0.1, 0.15) is 29.7 Å². The fraction of sp³-hybridized carbons (Fsp3) is 0.450. The number of aliphatic imine (C=N–C) groups is 1. The van der Waals surface area contributed by atoms with Crippen molar-refractivity contribution in [3.63, 3.8) is 0 Å². The van der Waals surface area contributed by atoms with E-state index in [2.05, 4.69) is 58.9 Å². The third-order valence-electron chi connectivity index (χ3n) is 4.61. The molecular weight excluding hydrogens is 457 g/mol. The van der Waals surface area contributed by atoms with Crippen LogP contribution in [0.15, 0.2) is 46.8 Å². The molecule has 1 N–H and O–H groups in total. The van der Waals surface area contributed by atoms with E-state index < -0.39 is 0 Å². The van der Waals surface area contributed by atoms with Crippen LogP contribution in [-0.4, -0.2) is 44.1 Å². The Balaban J connectivity index is 0.00000243. The Hall–Kier alpha value is -1.28. The summed E-state index contributed by atoms with van der Waals surface area (Å²) in [5.41, 5.74) is 1.39. The van der Waals surface area contributed by atoms with Crippen molar-refractivity contribution < 1.29 is 4.74 Å². The van der Waals surface area contributed by atoms with Gasteiger partial charge in [-0.15, -0.1) is 35.3 Å². The van der Waals surface area contributed by atoms with Crippen molar-refractivity contribution in [1.82, 2.24) is 10.2 Å². The Kier molecular flexibility index (Phi) is 8.71. The van der Waals surface area contributed by atoms with E-state index in [4.69, 9.17) is 9.73 Å². The van der Waals surface area contributed by atoms with E-state index in [-0.39, 0.29) is 24.0 Å². The zero-order valence-corrected chi connectivity index (χ0v) is 18.6. The van der Waals surface area contributed by atoms with E-state index in [0.29, 0.717) is 5.92 Å². The zero-order valence-electron chi connectivity index (χ0n) is 15.5. The van der Waals surface area contributed by atoms with Crippen molar-refractivity contribution in [2.45, 2.75) is 25.7 Å². The minimum absolute atomic E-state index is 0. The Morgan fingerprint density at radius 2 is 2.12 bits per heavy atom. The molecule has 0 saturated carbocycles. The standard InChI is InChI=1S/C20H27N3OS.HI/c1-3-21-20(22-12-10-19-5-4-14-25-19)23-13-11-17(15-23)16-6-8-18(24-2)9-7-16;/h4-9,14,17H,3,10-13,15H2,1-2H3,(H,21,22);1H. The number of hydrogen-bond acceptors (Lipinski definition) is 3. The predicted octanol–water partition coefficient (Wildman–Crippen LogP) is 4.37. The quantitative estimate of drug-likeness (QED) is 0.375. The zero-order chi connectivity index (χ0) is 17.5.